The number of hydrogen-bond acceptors (Lipinski definition) is 5. The van der Waals surface area contributed by atoms with Crippen LogP contribution in [0.5, 0.6) is 17.2 Å². The van der Waals surface area contributed by atoms with E-state index in [-0.39, 0.29) is 18.1 Å². The van der Waals surface area contributed by atoms with Crippen molar-refractivity contribution in [2.75, 3.05) is 19.1 Å². The highest BCUT2D eigenvalue weighted by molar-refractivity contribution is 6.08. The maximum Gasteiger partial charge on any atom is 0.419 e. The van der Waals surface area contributed by atoms with Crippen molar-refractivity contribution in [3.63, 3.8) is 0 Å². The fraction of sp³-hybridized carbons (Fsp3) is 0.161. The van der Waals surface area contributed by atoms with Crippen LogP contribution in [0.2, 0.25) is 0 Å². The molecule has 0 aliphatic carbocycles. The van der Waals surface area contributed by atoms with Crippen LogP contribution in [-0.4, -0.2) is 41.1 Å². The van der Waals surface area contributed by atoms with E-state index in [0.29, 0.717) is 35.6 Å². The molecule has 4 aromatic rings. The minimum atomic E-state index is -4.95. The second-order valence-electron chi connectivity index (χ2n) is 9.32. The van der Waals surface area contributed by atoms with Crippen LogP contribution in [0.1, 0.15) is 37.4 Å². The van der Waals surface area contributed by atoms with E-state index in [1.165, 1.54) is 34.1 Å². The number of anilines is 1. The second kappa shape index (κ2) is 12.0. The fourth-order valence-electron chi connectivity index (χ4n) is 4.25. The zero-order chi connectivity index (χ0) is 29.7. The van der Waals surface area contributed by atoms with Crippen molar-refractivity contribution in [2.45, 2.75) is 19.3 Å². The number of hydrogen-bond donors (Lipinski definition) is 2. The summed E-state index contributed by atoms with van der Waals surface area (Å²) in [6, 6.07) is 23.0. The molecule has 10 heteroatoms. The summed E-state index contributed by atoms with van der Waals surface area (Å²) in [7, 11) is 3.22. The van der Waals surface area contributed by atoms with Crippen LogP contribution in [0, 0.1) is 0 Å². The molecule has 0 saturated heterocycles. The Labute approximate surface area is 234 Å². The van der Waals surface area contributed by atoms with E-state index in [1.807, 2.05) is 12.1 Å². The Morgan fingerprint density at radius 3 is 1.98 bits per heavy atom. The third-order valence-corrected chi connectivity index (χ3v) is 6.43. The predicted molar refractivity (Wildman–Crippen MR) is 147 cm³/mol. The van der Waals surface area contributed by atoms with E-state index < -0.39 is 34.7 Å². The van der Waals surface area contributed by atoms with Crippen LogP contribution in [0.25, 0.3) is 0 Å². The van der Waals surface area contributed by atoms with E-state index >= 15 is 0 Å². The number of ether oxygens (including phenoxy) is 1. The number of alkyl halides is 3. The second-order valence-corrected chi connectivity index (χ2v) is 9.32. The maximum absolute atomic E-state index is 13.6. The van der Waals surface area contributed by atoms with Crippen molar-refractivity contribution in [3.05, 3.63) is 119 Å². The number of methoxy groups -OCH3 is 1. The van der Waals surface area contributed by atoms with Crippen LogP contribution >= 0.6 is 0 Å². The average molecular weight is 565 g/mol. The number of phenolic OH excluding ortho intramolecular Hbond substituents is 2. The van der Waals surface area contributed by atoms with Crippen molar-refractivity contribution in [3.8, 4) is 17.2 Å². The van der Waals surface area contributed by atoms with Crippen LogP contribution in [-0.2, 0) is 19.3 Å². The Balaban J connectivity index is 1.63. The number of amides is 2. The molecule has 0 aromatic heterocycles. The first-order valence-corrected chi connectivity index (χ1v) is 12.5. The van der Waals surface area contributed by atoms with Crippen LogP contribution in [0.4, 0.5) is 18.9 Å². The minimum absolute atomic E-state index is 0.0357. The molecule has 0 heterocycles. The molecule has 0 spiro atoms. The van der Waals surface area contributed by atoms with Gasteiger partial charge in [-0.2, -0.15) is 13.2 Å². The van der Waals surface area contributed by atoms with Gasteiger partial charge in [0, 0.05) is 30.9 Å². The summed E-state index contributed by atoms with van der Waals surface area (Å²) in [5.74, 6) is -2.50. The summed E-state index contributed by atoms with van der Waals surface area (Å²) in [6.07, 6.45) is -4.95. The largest absolute Gasteiger partial charge is 0.507 e. The Kier molecular flexibility index (Phi) is 8.51. The number of phenols is 2. The van der Waals surface area contributed by atoms with Gasteiger partial charge in [-0.3, -0.25) is 9.59 Å². The maximum atomic E-state index is 13.6. The van der Waals surface area contributed by atoms with Crippen molar-refractivity contribution in [1.29, 1.82) is 0 Å². The normalized spacial score (nSPS) is 11.1. The van der Waals surface area contributed by atoms with Gasteiger partial charge in [0.15, 0.2) is 0 Å². The molecule has 0 aliphatic rings. The van der Waals surface area contributed by atoms with Gasteiger partial charge < -0.3 is 24.7 Å². The molecule has 0 atom stereocenters. The van der Waals surface area contributed by atoms with Gasteiger partial charge in [-0.05, 0) is 53.6 Å². The summed E-state index contributed by atoms with van der Waals surface area (Å²) < 4.78 is 45.5. The van der Waals surface area contributed by atoms with E-state index in [0.717, 1.165) is 5.56 Å². The molecule has 0 bridgehead atoms. The smallest absolute Gasteiger partial charge is 0.419 e. The lowest BCUT2D eigenvalue weighted by Gasteiger charge is -2.25. The number of carbonyl (C=O) groups excluding carboxylic acids is 2. The van der Waals surface area contributed by atoms with Crippen LogP contribution in [0.3, 0.4) is 0 Å². The molecule has 0 radical (unpaired) electrons. The summed E-state index contributed by atoms with van der Waals surface area (Å²) in [6.45, 7) is 0.302. The van der Waals surface area contributed by atoms with E-state index in [2.05, 4.69) is 0 Å². The number of aromatic hydroxyl groups is 2. The molecule has 0 aliphatic heterocycles. The highest BCUT2D eigenvalue weighted by Crippen LogP contribution is 2.39. The number of rotatable bonds is 8. The molecular formula is C31H27F3N2O5. The topological polar surface area (TPSA) is 90.3 Å². The van der Waals surface area contributed by atoms with Gasteiger partial charge in [0.2, 0.25) is 0 Å². The molecule has 212 valence electrons. The Morgan fingerprint density at radius 2 is 1.39 bits per heavy atom. The Hall–Kier alpha value is -4.99. The molecule has 2 amide bonds. The van der Waals surface area contributed by atoms with Crippen molar-refractivity contribution >= 4 is 17.5 Å². The molecule has 4 aromatic carbocycles. The monoisotopic (exact) mass is 564 g/mol. The van der Waals surface area contributed by atoms with Crippen molar-refractivity contribution in [2.24, 2.45) is 0 Å². The number of carbonyl (C=O) groups is 2. The van der Waals surface area contributed by atoms with E-state index in [4.69, 9.17) is 4.74 Å². The molecule has 0 unspecified atom stereocenters. The number of halogens is 3. The molecule has 0 fully saturated rings. The Morgan fingerprint density at radius 1 is 0.780 bits per heavy atom. The van der Waals surface area contributed by atoms with Crippen LogP contribution in [0.15, 0.2) is 91.0 Å². The molecule has 7 nitrogen and oxygen atoms in total. The third-order valence-electron chi connectivity index (χ3n) is 6.43. The lowest BCUT2D eigenvalue weighted by molar-refractivity contribution is -0.138. The highest BCUT2D eigenvalue weighted by atomic mass is 19.4. The van der Waals surface area contributed by atoms with Crippen LogP contribution < -0.4 is 9.64 Å². The van der Waals surface area contributed by atoms with Gasteiger partial charge in [0.25, 0.3) is 11.8 Å². The van der Waals surface area contributed by atoms with Gasteiger partial charge >= 0.3 is 6.18 Å². The fourth-order valence-corrected chi connectivity index (χ4v) is 4.25. The van der Waals surface area contributed by atoms with Gasteiger partial charge in [-0.15, -0.1) is 0 Å². The first kappa shape index (κ1) is 29.0. The molecular weight excluding hydrogens is 537 g/mol. The minimum Gasteiger partial charge on any atom is -0.507 e. The first-order valence-electron chi connectivity index (χ1n) is 12.5. The van der Waals surface area contributed by atoms with Crippen molar-refractivity contribution in [1.82, 2.24) is 4.90 Å². The summed E-state index contributed by atoms with van der Waals surface area (Å²) in [5, 5.41) is 20.0. The zero-order valence-corrected chi connectivity index (χ0v) is 22.2. The summed E-state index contributed by atoms with van der Waals surface area (Å²) >= 11 is 0. The van der Waals surface area contributed by atoms with Gasteiger partial charge in [-0.1, -0.05) is 42.5 Å². The summed E-state index contributed by atoms with van der Waals surface area (Å²) in [4.78, 5) is 29.4. The van der Waals surface area contributed by atoms with Gasteiger partial charge in [0.05, 0.1) is 24.8 Å². The van der Waals surface area contributed by atoms with Gasteiger partial charge in [0.1, 0.15) is 17.2 Å². The standard InChI is InChI=1S/C31H27F3N2O5/c1-35(18-21-8-14-24(41-2)15-9-21)29(39)22-10-12-23(13-11-22)36(19-20-6-4-3-5-7-20)30(40)25-16-26(31(32,33)34)28(38)17-27(25)37/h3-17,37-38H,18-19H2,1-2H3. The lowest BCUT2D eigenvalue weighted by Crippen LogP contribution is -2.31. The highest BCUT2D eigenvalue weighted by Gasteiger charge is 2.36. The zero-order valence-electron chi connectivity index (χ0n) is 22.2. The molecule has 2 N–H and O–H groups in total. The first-order chi connectivity index (χ1) is 19.5. The third kappa shape index (κ3) is 6.78. The number of benzene rings is 4. The van der Waals surface area contributed by atoms with E-state index in [9.17, 15) is 33.0 Å². The SMILES string of the molecule is COc1ccc(CN(C)C(=O)c2ccc(N(Cc3ccccc3)C(=O)c3cc(C(F)(F)F)c(O)cc3O)cc2)cc1. The predicted octanol–water partition coefficient (Wildman–Crippen LogP) is 6.24. The molecule has 0 saturated carbocycles. The van der Waals surface area contributed by atoms with Gasteiger partial charge in [-0.25, -0.2) is 0 Å². The molecule has 4 rings (SSSR count). The number of nitrogens with zero attached hydrogens (tertiary/aromatic N) is 2. The van der Waals surface area contributed by atoms with Crippen molar-refractivity contribution < 1.29 is 37.7 Å². The summed E-state index contributed by atoms with van der Waals surface area (Å²) in [5.41, 5.74) is 0.113. The van der Waals surface area contributed by atoms with E-state index in [1.54, 1.807) is 56.6 Å². The lowest BCUT2D eigenvalue weighted by atomic mass is 10.0. The Bertz CT molecular complexity index is 1520. The quantitative estimate of drug-likeness (QED) is 0.264. The molecule has 41 heavy (non-hydrogen) atoms. The average Bonchev–Trinajstić information content (AvgIpc) is 2.95.